The van der Waals surface area contributed by atoms with Crippen LogP contribution >= 0.6 is 11.6 Å². The number of hydrogen-bond donors (Lipinski definition) is 2. The van der Waals surface area contributed by atoms with Crippen molar-refractivity contribution in [3.63, 3.8) is 0 Å². The third-order valence-corrected chi connectivity index (χ3v) is 3.96. The van der Waals surface area contributed by atoms with Crippen LogP contribution in [-0.2, 0) is 0 Å². The van der Waals surface area contributed by atoms with E-state index >= 15 is 0 Å². The summed E-state index contributed by atoms with van der Waals surface area (Å²) in [6.45, 7) is 1.94. The van der Waals surface area contributed by atoms with Gasteiger partial charge in [-0.15, -0.1) is 0 Å². The molecule has 3 rings (SSSR count). The molecule has 0 bridgehead atoms. The third kappa shape index (κ3) is 3.12. The van der Waals surface area contributed by atoms with Crippen molar-refractivity contribution in [3.05, 3.63) is 70.3 Å². The van der Waals surface area contributed by atoms with E-state index < -0.39 is 5.91 Å². The van der Waals surface area contributed by atoms with Gasteiger partial charge in [-0.25, -0.2) is 0 Å². The number of nitrogens with two attached hydrogens (primary N) is 2. The maximum Gasteiger partial charge on any atom is 0.280 e. The molecule has 0 spiro atoms. The average molecular weight is 342 g/mol. The van der Waals surface area contributed by atoms with Gasteiger partial charge in [0.25, 0.3) is 5.91 Å². The van der Waals surface area contributed by atoms with Crippen LogP contribution in [-0.4, -0.2) is 18.0 Å². The Labute approximate surface area is 144 Å². The largest absolute Gasteiger partial charge is 0.486 e. The molecule has 24 heavy (non-hydrogen) atoms. The third-order valence-electron chi connectivity index (χ3n) is 3.63. The molecular weight excluding hydrogens is 326 g/mol. The molecule has 1 aliphatic heterocycles. The summed E-state index contributed by atoms with van der Waals surface area (Å²) in [6.07, 6.45) is 1.86. The lowest BCUT2D eigenvalue weighted by atomic mass is 9.92. The lowest BCUT2D eigenvalue weighted by Gasteiger charge is -2.24. The van der Waals surface area contributed by atoms with Crippen molar-refractivity contribution >= 4 is 29.0 Å². The number of hydrogen-bond acceptors (Lipinski definition) is 2. The van der Waals surface area contributed by atoms with Gasteiger partial charge in [-0.1, -0.05) is 29.8 Å². The number of carbonyl (C=O) groups is 1. The first-order valence-electron chi connectivity index (χ1n) is 7.37. The molecule has 1 unspecified atom stereocenters. The molecule has 1 atom stereocenters. The fraction of sp³-hybridized carbons (Fsp3) is 0.111. The second-order valence-electron chi connectivity index (χ2n) is 5.44. The second kappa shape index (κ2) is 6.37. The zero-order valence-corrected chi connectivity index (χ0v) is 13.7. The van der Waals surface area contributed by atoms with E-state index in [2.05, 4.69) is 4.99 Å². The fourth-order valence-electron chi connectivity index (χ4n) is 2.63. The number of amides is 1. The van der Waals surface area contributed by atoms with Crippen LogP contribution in [0.4, 0.5) is 0 Å². The predicted molar refractivity (Wildman–Crippen MR) is 95.2 cm³/mol. The van der Waals surface area contributed by atoms with E-state index in [1.807, 2.05) is 37.3 Å². The quantitative estimate of drug-likeness (QED) is 0.649. The Kier molecular flexibility index (Phi) is 4.27. The predicted octanol–water partition coefficient (Wildman–Crippen LogP) is 2.97. The first kappa shape index (κ1) is 16.1. The minimum Gasteiger partial charge on any atom is -0.486 e. The lowest BCUT2D eigenvalue weighted by Crippen LogP contribution is -2.24. The van der Waals surface area contributed by atoms with Crippen LogP contribution < -0.4 is 16.2 Å². The summed E-state index contributed by atoms with van der Waals surface area (Å²) in [5, 5.41) is 0.629. The van der Waals surface area contributed by atoms with Crippen LogP contribution in [0.5, 0.6) is 5.75 Å². The van der Waals surface area contributed by atoms with Gasteiger partial charge in [-0.2, -0.15) is 4.99 Å². The van der Waals surface area contributed by atoms with Crippen LogP contribution in [0.2, 0.25) is 5.02 Å². The molecule has 2 aromatic rings. The normalized spacial score (nSPS) is 15.8. The van der Waals surface area contributed by atoms with Gasteiger partial charge in [-0.3, -0.25) is 4.79 Å². The van der Waals surface area contributed by atoms with Crippen LogP contribution in [0.1, 0.15) is 28.4 Å². The van der Waals surface area contributed by atoms with Crippen molar-refractivity contribution in [2.24, 2.45) is 16.5 Å². The highest BCUT2D eigenvalue weighted by atomic mass is 35.5. The van der Waals surface area contributed by atoms with Gasteiger partial charge < -0.3 is 16.2 Å². The molecule has 0 saturated heterocycles. The van der Waals surface area contributed by atoms with Crippen LogP contribution in [0.3, 0.4) is 0 Å². The number of fused-ring (bicyclic) bond motifs is 1. The Hall–Kier alpha value is -2.79. The monoisotopic (exact) mass is 341 g/mol. The van der Waals surface area contributed by atoms with Crippen LogP contribution in [0, 0.1) is 0 Å². The molecule has 2 aromatic carbocycles. The highest BCUT2D eigenvalue weighted by Crippen LogP contribution is 2.39. The summed E-state index contributed by atoms with van der Waals surface area (Å²) in [7, 11) is 0. The number of carbonyl (C=O) groups excluding carboxylic acids is 1. The molecule has 0 fully saturated rings. The van der Waals surface area contributed by atoms with Gasteiger partial charge in [0.1, 0.15) is 11.9 Å². The molecule has 0 saturated carbocycles. The first-order chi connectivity index (χ1) is 11.5. The molecule has 4 N–H and O–H groups in total. The number of benzene rings is 2. The average Bonchev–Trinajstić information content (AvgIpc) is 2.53. The van der Waals surface area contributed by atoms with Crippen molar-refractivity contribution in [3.8, 4) is 5.75 Å². The molecular formula is C18H16ClN3O2. The molecule has 1 amide bonds. The van der Waals surface area contributed by atoms with Crippen molar-refractivity contribution in [2.75, 3.05) is 0 Å². The van der Waals surface area contributed by atoms with Gasteiger partial charge in [-0.05, 0) is 42.8 Å². The maximum atomic E-state index is 12.1. The van der Waals surface area contributed by atoms with Gasteiger partial charge in [0.2, 0.25) is 0 Å². The molecule has 0 aliphatic carbocycles. The standard InChI is InChI=1S/C18H16ClN3O2/c1-10-8-13(12-4-2-3-5-15(12)19)14-9-11(6-7-16(14)24-10)17(23)22-18(20)21/h2-10H,1H3,(H4,20,21,22,23). The van der Waals surface area contributed by atoms with E-state index in [0.29, 0.717) is 16.3 Å². The molecule has 0 radical (unpaired) electrons. The van der Waals surface area contributed by atoms with Crippen molar-refractivity contribution < 1.29 is 9.53 Å². The summed E-state index contributed by atoms with van der Waals surface area (Å²) in [5.74, 6) is -0.0967. The van der Waals surface area contributed by atoms with E-state index in [4.69, 9.17) is 27.8 Å². The van der Waals surface area contributed by atoms with Crippen LogP contribution in [0.15, 0.2) is 53.5 Å². The summed E-state index contributed by atoms with van der Waals surface area (Å²) >= 11 is 6.34. The molecule has 1 aliphatic rings. The number of aliphatic imine (C=N–C) groups is 1. The minimum atomic E-state index is -0.505. The van der Waals surface area contributed by atoms with Gasteiger partial charge in [0.05, 0.1) is 0 Å². The number of halogens is 1. The Balaban J connectivity index is 2.13. The fourth-order valence-corrected chi connectivity index (χ4v) is 2.87. The Morgan fingerprint density at radius 1 is 1.17 bits per heavy atom. The summed E-state index contributed by atoms with van der Waals surface area (Å²) < 4.78 is 5.82. The van der Waals surface area contributed by atoms with Gasteiger partial charge in [0.15, 0.2) is 5.96 Å². The molecule has 5 nitrogen and oxygen atoms in total. The number of rotatable bonds is 2. The highest BCUT2D eigenvalue weighted by Gasteiger charge is 2.22. The first-order valence-corrected chi connectivity index (χ1v) is 7.75. The molecule has 0 aromatic heterocycles. The highest BCUT2D eigenvalue weighted by molar-refractivity contribution is 6.32. The zero-order chi connectivity index (χ0) is 17.3. The van der Waals surface area contributed by atoms with Crippen LogP contribution in [0.25, 0.3) is 5.57 Å². The Morgan fingerprint density at radius 2 is 1.92 bits per heavy atom. The topological polar surface area (TPSA) is 90.7 Å². The molecule has 122 valence electrons. The van der Waals surface area contributed by atoms with E-state index in [0.717, 1.165) is 16.7 Å². The SMILES string of the molecule is CC1C=C(c2ccccc2Cl)c2cc(C(=O)N=C(N)N)ccc2O1. The Bertz CT molecular complexity index is 870. The van der Waals surface area contributed by atoms with Gasteiger partial charge in [0, 0.05) is 21.7 Å². The Morgan fingerprint density at radius 3 is 2.62 bits per heavy atom. The number of nitrogens with zero attached hydrogens (tertiary/aromatic N) is 1. The van der Waals surface area contributed by atoms with Crippen molar-refractivity contribution in [2.45, 2.75) is 13.0 Å². The summed E-state index contributed by atoms with van der Waals surface area (Å²) in [5.41, 5.74) is 13.5. The van der Waals surface area contributed by atoms with Gasteiger partial charge >= 0.3 is 0 Å². The number of ether oxygens (including phenoxy) is 1. The lowest BCUT2D eigenvalue weighted by molar-refractivity contribution is 0.100. The van der Waals surface area contributed by atoms with Crippen molar-refractivity contribution in [1.82, 2.24) is 0 Å². The maximum absolute atomic E-state index is 12.1. The van der Waals surface area contributed by atoms with Crippen molar-refractivity contribution in [1.29, 1.82) is 0 Å². The van der Waals surface area contributed by atoms with E-state index in [1.54, 1.807) is 18.2 Å². The second-order valence-corrected chi connectivity index (χ2v) is 5.84. The zero-order valence-electron chi connectivity index (χ0n) is 13.0. The molecule has 1 heterocycles. The van der Waals surface area contributed by atoms with E-state index in [-0.39, 0.29) is 12.1 Å². The van der Waals surface area contributed by atoms with E-state index in [9.17, 15) is 4.79 Å². The minimum absolute atomic E-state index is 0.108. The number of guanidine groups is 1. The summed E-state index contributed by atoms with van der Waals surface area (Å²) in [6, 6.07) is 12.6. The van der Waals surface area contributed by atoms with E-state index in [1.165, 1.54) is 0 Å². The summed E-state index contributed by atoms with van der Waals surface area (Å²) in [4.78, 5) is 15.7. The molecule has 6 heteroatoms. The smallest absolute Gasteiger partial charge is 0.280 e.